The van der Waals surface area contributed by atoms with Crippen LogP contribution < -0.4 is 15.8 Å². The number of pyridine rings is 1. The average molecular weight is 443 g/mol. The van der Waals surface area contributed by atoms with Gasteiger partial charge in [-0.2, -0.15) is 0 Å². The van der Waals surface area contributed by atoms with Crippen LogP contribution in [0.5, 0.6) is 0 Å². The highest BCUT2D eigenvalue weighted by Gasteiger charge is 2.21. The molecule has 0 spiro atoms. The lowest BCUT2D eigenvalue weighted by molar-refractivity contribution is -0.129. The van der Waals surface area contributed by atoms with E-state index in [0.717, 1.165) is 10.7 Å². The summed E-state index contributed by atoms with van der Waals surface area (Å²) in [4.78, 5) is 36.5. The Morgan fingerprint density at radius 3 is 2.54 bits per heavy atom. The van der Waals surface area contributed by atoms with E-state index in [0.29, 0.717) is 42.0 Å². The van der Waals surface area contributed by atoms with E-state index in [4.69, 9.17) is 23.2 Å². The van der Waals surface area contributed by atoms with Crippen molar-refractivity contribution >= 4 is 52.2 Å². The van der Waals surface area contributed by atoms with E-state index in [9.17, 15) is 9.59 Å². The zero-order valence-corrected chi connectivity index (χ0v) is 17.6. The van der Waals surface area contributed by atoms with Gasteiger partial charge in [0, 0.05) is 43.4 Å². The molecule has 28 heavy (non-hydrogen) atoms. The van der Waals surface area contributed by atoms with Crippen molar-refractivity contribution in [2.24, 2.45) is 0 Å². The Hall–Kier alpha value is -1.94. The summed E-state index contributed by atoms with van der Waals surface area (Å²) in [6.45, 7) is 4.82. The number of thiazole rings is 1. The van der Waals surface area contributed by atoms with E-state index >= 15 is 0 Å². The van der Waals surface area contributed by atoms with Crippen LogP contribution in [0.3, 0.4) is 0 Å². The third-order valence-corrected chi connectivity index (χ3v) is 5.60. The second-order valence-electron chi connectivity index (χ2n) is 6.38. The van der Waals surface area contributed by atoms with Crippen molar-refractivity contribution in [2.45, 2.75) is 13.3 Å². The summed E-state index contributed by atoms with van der Waals surface area (Å²) in [7, 11) is 0. The molecule has 2 aromatic heterocycles. The molecule has 1 saturated heterocycles. The number of carbonyl (C=O) groups is 2. The molecule has 0 atom stereocenters. The second kappa shape index (κ2) is 9.51. The van der Waals surface area contributed by atoms with Crippen molar-refractivity contribution in [2.75, 3.05) is 37.6 Å². The van der Waals surface area contributed by atoms with Gasteiger partial charge in [0.05, 0.1) is 23.0 Å². The molecule has 150 valence electrons. The molecule has 0 radical (unpaired) electrons. The third-order valence-electron chi connectivity index (χ3n) is 4.15. The van der Waals surface area contributed by atoms with Gasteiger partial charge in [-0.1, -0.05) is 23.2 Å². The summed E-state index contributed by atoms with van der Waals surface area (Å²) < 4.78 is 0. The standard InChI is InChI=1S/C17H20Cl2N6O2S/c1-11-10-28-16(21-11)7-14(26)22-23-15(27)9-24-2-4-25(5-3-24)17-13(19)6-12(18)8-20-17/h6,8,10H,2-5,7,9H2,1H3,(H,22,26)(H,23,27). The minimum absolute atomic E-state index is 0.145. The van der Waals surface area contributed by atoms with Crippen LogP contribution in [-0.4, -0.2) is 59.4 Å². The van der Waals surface area contributed by atoms with Gasteiger partial charge >= 0.3 is 0 Å². The molecule has 3 heterocycles. The molecule has 3 rings (SSSR count). The van der Waals surface area contributed by atoms with Crippen molar-refractivity contribution in [3.05, 3.63) is 38.4 Å². The summed E-state index contributed by atoms with van der Waals surface area (Å²) in [6.07, 6.45) is 1.71. The van der Waals surface area contributed by atoms with Crippen LogP contribution in [0.4, 0.5) is 5.82 Å². The Bertz CT molecular complexity index is 854. The Labute approximate surface area is 176 Å². The van der Waals surface area contributed by atoms with Gasteiger partial charge in [0.25, 0.3) is 5.91 Å². The number of halogens is 2. The third kappa shape index (κ3) is 5.78. The van der Waals surface area contributed by atoms with Gasteiger partial charge in [-0.25, -0.2) is 9.97 Å². The fourth-order valence-electron chi connectivity index (χ4n) is 2.81. The number of carbonyl (C=O) groups excluding carboxylic acids is 2. The van der Waals surface area contributed by atoms with Crippen LogP contribution in [-0.2, 0) is 16.0 Å². The predicted molar refractivity (Wildman–Crippen MR) is 110 cm³/mol. The van der Waals surface area contributed by atoms with E-state index in [1.165, 1.54) is 11.3 Å². The molecule has 0 aliphatic carbocycles. The zero-order chi connectivity index (χ0) is 20.1. The lowest BCUT2D eigenvalue weighted by Gasteiger charge is -2.35. The number of anilines is 1. The highest BCUT2D eigenvalue weighted by molar-refractivity contribution is 7.09. The van der Waals surface area contributed by atoms with E-state index in [2.05, 4.69) is 25.7 Å². The van der Waals surface area contributed by atoms with Crippen LogP contribution in [0.25, 0.3) is 0 Å². The van der Waals surface area contributed by atoms with Gasteiger partial charge < -0.3 is 4.90 Å². The molecule has 11 heteroatoms. The van der Waals surface area contributed by atoms with Gasteiger partial charge in [0.2, 0.25) is 5.91 Å². The first kappa shape index (κ1) is 20.8. The van der Waals surface area contributed by atoms with Crippen LogP contribution >= 0.6 is 34.5 Å². The van der Waals surface area contributed by atoms with E-state index < -0.39 is 0 Å². The number of hydrogen-bond donors (Lipinski definition) is 2. The van der Waals surface area contributed by atoms with Crippen molar-refractivity contribution in [3.63, 3.8) is 0 Å². The first-order valence-corrected chi connectivity index (χ1v) is 10.3. The lowest BCUT2D eigenvalue weighted by atomic mass is 10.3. The van der Waals surface area contributed by atoms with E-state index in [1.807, 2.05) is 17.2 Å². The molecule has 1 aliphatic heterocycles. The van der Waals surface area contributed by atoms with Crippen molar-refractivity contribution in [1.82, 2.24) is 25.7 Å². The fourth-order valence-corrected chi connectivity index (χ4v) is 4.08. The van der Waals surface area contributed by atoms with Crippen LogP contribution in [0.1, 0.15) is 10.7 Å². The number of aryl methyl sites for hydroxylation is 1. The maximum Gasteiger partial charge on any atom is 0.252 e. The lowest BCUT2D eigenvalue weighted by Crippen LogP contribution is -2.52. The highest BCUT2D eigenvalue weighted by atomic mass is 35.5. The van der Waals surface area contributed by atoms with Gasteiger partial charge in [-0.15, -0.1) is 11.3 Å². The Balaban J connectivity index is 1.39. The van der Waals surface area contributed by atoms with Gasteiger partial charge in [0.1, 0.15) is 10.8 Å². The van der Waals surface area contributed by atoms with Gasteiger partial charge in [0.15, 0.2) is 0 Å². The molecule has 0 saturated carbocycles. The molecular formula is C17H20Cl2N6O2S. The van der Waals surface area contributed by atoms with Gasteiger partial charge in [-0.05, 0) is 13.0 Å². The fraction of sp³-hybridized carbons (Fsp3) is 0.412. The van der Waals surface area contributed by atoms with Crippen LogP contribution in [0.15, 0.2) is 17.6 Å². The Morgan fingerprint density at radius 2 is 1.89 bits per heavy atom. The van der Waals surface area contributed by atoms with Crippen LogP contribution in [0, 0.1) is 6.92 Å². The first-order valence-electron chi connectivity index (χ1n) is 8.68. The average Bonchev–Trinajstić information content (AvgIpc) is 3.06. The molecule has 2 N–H and O–H groups in total. The second-order valence-corrected chi connectivity index (χ2v) is 8.16. The largest absolute Gasteiger partial charge is 0.353 e. The summed E-state index contributed by atoms with van der Waals surface area (Å²) in [5.41, 5.74) is 5.76. The molecule has 2 amide bonds. The first-order chi connectivity index (χ1) is 13.4. The number of piperazine rings is 1. The number of hydrogen-bond acceptors (Lipinski definition) is 7. The smallest absolute Gasteiger partial charge is 0.252 e. The Kier molecular flexibility index (Phi) is 7.06. The number of rotatable bonds is 5. The quantitative estimate of drug-likeness (QED) is 0.684. The minimum Gasteiger partial charge on any atom is -0.353 e. The van der Waals surface area contributed by atoms with Crippen LogP contribution in [0.2, 0.25) is 10.0 Å². The molecule has 0 unspecified atom stereocenters. The molecule has 0 bridgehead atoms. The predicted octanol–water partition coefficient (Wildman–Crippen LogP) is 1.67. The molecule has 1 fully saturated rings. The monoisotopic (exact) mass is 442 g/mol. The number of aromatic nitrogens is 2. The van der Waals surface area contributed by atoms with E-state index in [1.54, 1.807) is 12.3 Å². The highest BCUT2D eigenvalue weighted by Crippen LogP contribution is 2.26. The maximum absolute atomic E-state index is 12.1. The number of amides is 2. The van der Waals surface area contributed by atoms with Gasteiger partial charge in [-0.3, -0.25) is 25.3 Å². The maximum atomic E-state index is 12.1. The summed E-state index contributed by atoms with van der Waals surface area (Å²) in [5.74, 6) is 0.135. The normalized spacial score (nSPS) is 14.8. The van der Waals surface area contributed by atoms with Crippen molar-refractivity contribution in [1.29, 1.82) is 0 Å². The van der Waals surface area contributed by atoms with Crippen molar-refractivity contribution in [3.8, 4) is 0 Å². The number of nitrogens with one attached hydrogen (secondary N) is 2. The molecular weight excluding hydrogens is 423 g/mol. The molecule has 2 aromatic rings. The SMILES string of the molecule is Cc1csc(CC(=O)NNC(=O)CN2CCN(c3ncc(Cl)cc3Cl)CC2)n1. The van der Waals surface area contributed by atoms with E-state index in [-0.39, 0.29) is 24.8 Å². The molecule has 1 aliphatic rings. The summed E-state index contributed by atoms with van der Waals surface area (Å²) in [6, 6.07) is 1.67. The zero-order valence-electron chi connectivity index (χ0n) is 15.2. The summed E-state index contributed by atoms with van der Waals surface area (Å²) >= 11 is 13.5. The topological polar surface area (TPSA) is 90.5 Å². The number of nitrogens with zero attached hydrogens (tertiary/aromatic N) is 4. The molecule has 8 nitrogen and oxygen atoms in total. The molecule has 0 aromatic carbocycles. The number of hydrazine groups is 1. The minimum atomic E-state index is -0.295. The van der Waals surface area contributed by atoms with Crippen molar-refractivity contribution < 1.29 is 9.59 Å². The Morgan fingerprint density at radius 1 is 1.18 bits per heavy atom. The summed E-state index contributed by atoms with van der Waals surface area (Å²) in [5, 5.41) is 3.61.